The molecular formula is C8H11NO3S2. The van der Waals surface area contributed by atoms with E-state index in [9.17, 15) is 8.42 Å². The first-order valence-corrected chi connectivity index (χ1v) is 6.46. The van der Waals surface area contributed by atoms with Crippen LogP contribution in [0.1, 0.15) is 11.7 Å². The van der Waals surface area contributed by atoms with Crippen LogP contribution in [0.3, 0.4) is 0 Å². The Morgan fingerprint density at radius 3 is 3.00 bits per heavy atom. The molecule has 1 unspecified atom stereocenters. The lowest BCUT2D eigenvalue weighted by molar-refractivity contribution is 0.0835. The van der Waals surface area contributed by atoms with Crippen LogP contribution in [0.2, 0.25) is 0 Å². The molecule has 0 fully saturated rings. The van der Waals surface area contributed by atoms with Crippen LogP contribution in [0.4, 0.5) is 0 Å². The first-order chi connectivity index (χ1) is 6.57. The van der Waals surface area contributed by atoms with E-state index >= 15 is 0 Å². The lowest BCUT2D eigenvalue weighted by Gasteiger charge is -2.28. The van der Waals surface area contributed by atoms with Crippen molar-refractivity contribution in [2.24, 2.45) is 0 Å². The molecule has 1 aliphatic rings. The maximum absolute atomic E-state index is 11.8. The van der Waals surface area contributed by atoms with Gasteiger partial charge < -0.3 is 4.74 Å². The molecule has 0 spiro atoms. The van der Waals surface area contributed by atoms with Gasteiger partial charge in [-0.05, 0) is 11.4 Å². The lowest BCUT2D eigenvalue weighted by atomic mass is 10.2. The average molecular weight is 233 g/mol. The molecule has 0 N–H and O–H groups in total. The zero-order chi connectivity index (χ0) is 10.3. The zero-order valence-electron chi connectivity index (χ0n) is 7.93. The number of methoxy groups -OCH3 is 1. The number of ether oxygens (including phenoxy) is 1. The lowest BCUT2D eigenvalue weighted by Crippen LogP contribution is -2.36. The Labute approximate surface area is 87.2 Å². The molecule has 0 amide bonds. The average Bonchev–Trinajstić information content (AvgIpc) is 2.61. The Morgan fingerprint density at radius 1 is 1.64 bits per heavy atom. The fraction of sp³-hybridized carbons (Fsp3) is 0.500. The van der Waals surface area contributed by atoms with Crippen molar-refractivity contribution in [1.82, 2.24) is 4.31 Å². The van der Waals surface area contributed by atoms with Crippen molar-refractivity contribution in [2.75, 3.05) is 20.7 Å². The van der Waals surface area contributed by atoms with Gasteiger partial charge in [-0.3, -0.25) is 0 Å². The molecule has 0 bridgehead atoms. The predicted octanol–water partition coefficient (Wildman–Crippen LogP) is 1.07. The Morgan fingerprint density at radius 2 is 2.36 bits per heavy atom. The summed E-state index contributed by atoms with van der Waals surface area (Å²) in [4.78, 5) is 0. The highest BCUT2D eigenvalue weighted by Gasteiger charge is 2.35. The van der Waals surface area contributed by atoms with Crippen molar-refractivity contribution in [3.63, 3.8) is 0 Å². The van der Waals surface area contributed by atoms with Crippen molar-refractivity contribution >= 4 is 21.4 Å². The molecule has 0 saturated carbocycles. The minimum atomic E-state index is -3.25. The monoisotopic (exact) mass is 233 g/mol. The van der Waals surface area contributed by atoms with Gasteiger partial charge in [0.2, 0.25) is 0 Å². The molecule has 0 saturated heterocycles. The molecule has 2 rings (SSSR count). The van der Waals surface area contributed by atoms with Crippen LogP contribution in [-0.2, 0) is 14.8 Å². The summed E-state index contributed by atoms with van der Waals surface area (Å²) in [5, 5.41) is 1.79. The van der Waals surface area contributed by atoms with Gasteiger partial charge in [-0.25, -0.2) is 8.42 Å². The minimum Gasteiger partial charge on any atom is -0.375 e. The van der Waals surface area contributed by atoms with E-state index in [1.807, 2.05) is 6.07 Å². The van der Waals surface area contributed by atoms with Gasteiger partial charge in [0.1, 0.15) is 4.21 Å². The number of hydrogen-bond acceptors (Lipinski definition) is 4. The quantitative estimate of drug-likeness (QED) is 0.729. The summed E-state index contributed by atoms with van der Waals surface area (Å²) in [6, 6.07) is 1.82. The molecule has 78 valence electrons. The van der Waals surface area contributed by atoms with Gasteiger partial charge >= 0.3 is 0 Å². The van der Waals surface area contributed by atoms with Gasteiger partial charge in [-0.15, -0.1) is 11.3 Å². The Hall–Kier alpha value is -0.430. The third-order valence-electron chi connectivity index (χ3n) is 2.36. The standard InChI is InChI=1S/C8H11NO3S2/c1-9-5-7(12-2)6-3-4-13-8(6)14(9,10)11/h3-4,7H,5H2,1-2H3. The second-order valence-electron chi connectivity index (χ2n) is 3.17. The SMILES string of the molecule is COC1CN(C)S(=O)(=O)c2sccc21. The van der Waals surface area contributed by atoms with Crippen LogP contribution >= 0.6 is 11.3 Å². The van der Waals surface area contributed by atoms with Crippen LogP contribution < -0.4 is 0 Å². The number of hydrogen-bond donors (Lipinski definition) is 0. The van der Waals surface area contributed by atoms with Crippen molar-refractivity contribution in [1.29, 1.82) is 0 Å². The molecule has 0 aromatic carbocycles. The van der Waals surface area contributed by atoms with Crippen LogP contribution in [0.5, 0.6) is 0 Å². The largest absolute Gasteiger partial charge is 0.375 e. The maximum atomic E-state index is 11.8. The highest BCUT2D eigenvalue weighted by molar-refractivity contribution is 7.91. The number of sulfonamides is 1. The fourth-order valence-corrected chi connectivity index (χ4v) is 4.35. The van der Waals surface area contributed by atoms with Crippen LogP contribution in [0.25, 0.3) is 0 Å². The number of rotatable bonds is 1. The molecule has 0 aliphatic carbocycles. The molecule has 14 heavy (non-hydrogen) atoms. The van der Waals surface area contributed by atoms with Crippen molar-refractivity contribution in [2.45, 2.75) is 10.3 Å². The molecule has 1 atom stereocenters. The molecule has 1 aliphatic heterocycles. The minimum absolute atomic E-state index is 0.134. The van der Waals surface area contributed by atoms with Crippen molar-refractivity contribution in [3.05, 3.63) is 17.0 Å². The van der Waals surface area contributed by atoms with E-state index in [1.54, 1.807) is 19.5 Å². The summed E-state index contributed by atoms with van der Waals surface area (Å²) in [6.07, 6.45) is -0.134. The molecule has 6 heteroatoms. The van der Waals surface area contributed by atoms with Gasteiger partial charge in [0.25, 0.3) is 10.0 Å². The van der Waals surface area contributed by atoms with E-state index in [0.29, 0.717) is 10.8 Å². The zero-order valence-corrected chi connectivity index (χ0v) is 9.56. The second kappa shape index (κ2) is 3.30. The smallest absolute Gasteiger partial charge is 0.252 e. The number of likely N-dealkylation sites (N-methyl/N-ethyl adjacent to an activating group) is 1. The van der Waals surface area contributed by atoms with E-state index in [1.165, 1.54) is 15.6 Å². The summed E-state index contributed by atoms with van der Waals surface area (Å²) >= 11 is 1.25. The molecule has 1 aromatic heterocycles. The highest BCUT2D eigenvalue weighted by Crippen LogP contribution is 2.36. The van der Waals surface area contributed by atoms with Crippen molar-refractivity contribution < 1.29 is 13.2 Å². The van der Waals surface area contributed by atoms with Gasteiger partial charge in [0, 0.05) is 26.3 Å². The first kappa shape index (κ1) is 10.1. The van der Waals surface area contributed by atoms with Gasteiger partial charge in [0.05, 0.1) is 6.10 Å². The maximum Gasteiger partial charge on any atom is 0.252 e. The summed E-state index contributed by atoms with van der Waals surface area (Å²) in [6.45, 7) is 0.391. The van der Waals surface area contributed by atoms with E-state index in [0.717, 1.165) is 5.56 Å². The Balaban J connectivity index is 2.59. The molecule has 2 heterocycles. The van der Waals surface area contributed by atoms with E-state index in [-0.39, 0.29) is 6.10 Å². The fourth-order valence-electron chi connectivity index (χ4n) is 1.53. The van der Waals surface area contributed by atoms with Crippen LogP contribution in [-0.4, -0.2) is 33.4 Å². The predicted molar refractivity (Wildman–Crippen MR) is 53.9 cm³/mol. The summed E-state index contributed by atoms with van der Waals surface area (Å²) in [7, 11) is -0.0800. The number of nitrogens with zero attached hydrogens (tertiary/aromatic N) is 1. The number of thiophene rings is 1. The second-order valence-corrected chi connectivity index (χ2v) is 6.33. The highest BCUT2D eigenvalue weighted by atomic mass is 32.2. The third kappa shape index (κ3) is 1.30. The normalized spacial score (nSPS) is 26.0. The summed E-state index contributed by atoms with van der Waals surface area (Å²) in [5.41, 5.74) is 0.788. The van der Waals surface area contributed by atoms with Gasteiger partial charge in [0.15, 0.2) is 0 Å². The Bertz CT molecular complexity index is 437. The number of fused-ring (bicyclic) bond motifs is 1. The first-order valence-electron chi connectivity index (χ1n) is 4.14. The Kier molecular flexibility index (Phi) is 2.38. The molecule has 1 aromatic rings. The van der Waals surface area contributed by atoms with Crippen LogP contribution in [0.15, 0.2) is 15.7 Å². The van der Waals surface area contributed by atoms with E-state index < -0.39 is 10.0 Å². The molecule has 4 nitrogen and oxygen atoms in total. The van der Waals surface area contributed by atoms with Gasteiger partial charge in [-0.2, -0.15) is 4.31 Å². The van der Waals surface area contributed by atoms with Crippen molar-refractivity contribution in [3.8, 4) is 0 Å². The molecule has 0 radical (unpaired) electrons. The van der Waals surface area contributed by atoms with E-state index in [2.05, 4.69) is 0 Å². The molecular weight excluding hydrogens is 222 g/mol. The van der Waals surface area contributed by atoms with Crippen LogP contribution in [0, 0.1) is 0 Å². The van der Waals surface area contributed by atoms with E-state index in [4.69, 9.17) is 4.74 Å². The third-order valence-corrected chi connectivity index (χ3v) is 5.67. The topological polar surface area (TPSA) is 46.6 Å². The summed E-state index contributed by atoms with van der Waals surface area (Å²) < 4.78 is 30.6. The van der Waals surface area contributed by atoms with Gasteiger partial charge in [-0.1, -0.05) is 0 Å². The summed E-state index contributed by atoms with van der Waals surface area (Å²) in [5.74, 6) is 0.